The van der Waals surface area contributed by atoms with Crippen LogP contribution in [-0.2, 0) is 6.54 Å². The molecule has 0 spiro atoms. The van der Waals surface area contributed by atoms with Gasteiger partial charge in [-0.2, -0.15) is 0 Å². The molecule has 4 heteroatoms. The Kier molecular flexibility index (Phi) is 5.16. The molecule has 1 heterocycles. The molecule has 3 rings (SSSR count). The minimum absolute atomic E-state index is 0.0492. The van der Waals surface area contributed by atoms with Crippen LogP contribution in [0.3, 0.4) is 0 Å². The molecule has 1 unspecified atom stereocenters. The van der Waals surface area contributed by atoms with Crippen LogP contribution in [0.5, 0.6) is 0 Å². The summed E-state index contributed by atoms with van der Waals surface area (Å²) in [6, 6.07) is 16.6. The fourth-order valence-electron chi connectivity index (χ4n) is 3.14. The zero-order valence-electron chi connectivity index (χ0n) is 14.0. The first kappa shape index (κ1) is 16.5. The second-order valence-electron chi connectivity index (χ2n) is 6.51. The minimum Gasteiger partial charge on any atom is -0.396 e. The van der Waals surface area contributed by atoms with Crippen molar-refractivity contribution in [2.45, 2.75) is 19.9 Å². The Bertz CT molecular complexity index is 714. The summed E-state index contributed by atoms with van der Waals surface area (Å²) in [6.45, 7) is 4.12. The van der Waals surface area contributed by atoms with Crippen LogP contribution < -0.4 is 5.32 Å². The predicted molar refractivity (Wildman–Crippen MR) is 95.6 cm³/mol. The zero-order chi connectivity index (χ0) is 16.9. The minimum atomic E-state index is -0.0492. The van der Waals surface area contributed by atoms with E-state index < -0.39 is 0 Å². The van der Waals surface area contributed by atoms with Crippen molar-refractivity contribution in [3.63, 3.8) is 0 Å². The number of carbonyl (C=O) groups is 1. The Hall–Kier alpha value is -2.33. The second-order valence-corrected chi connectivity index (χ2v) is 6.51. The van der Waals surface area contributed by atoms with Gasteiger partial charge in [-0.05, 0) is 36.1 Å². The number of benzene rings is 2. The molecule has 2 N–H and O–H groups in total. The molecule has 2 aromatic rings. The van der Waals surface area contributed by atoms with Gasteiger partial charge in [0.25, 0.3) is 0 Å². The molecule has 2 aromatic carbocycles. The molecule has 0 saturated carbocycles. The summed E-state index contributed by atoms with van der Waals surface area (Å²) >= 11 is 0. The van der Waals surface area contributed by atoms with Crippen molar-refractivity contribution in [3.05, 3.63) is 59.7 Å². The molecule has 2 amide bonds. The fraction of sp³-hybridized carbons (Fsp3) is 0.350. The van der Waals surface area contributed by atoms with Crippen LogP contribution in [0.1, 0.15) is 17.5 Å². The summed E-state index contributed by atoms with van der Waals surface area (Å²) in [4.78, 5) is 14.0. The van der Waals surface area contributed by atoms with E-state index in [4.69, 9.17) is 0 Å². The number of hydrogen-bond donors (Lipinski definition) is 2. The lowest BCUT2D eigenvalue weighted by atomic mass is 10.0. The van der Waals surface area contributed by atoms with Crippen molar-refractivity contribution >= 4 is 6.03 Å². The summed E-state index contributed by atoms with van der Waals surface area (Å²) in [7, 11) is 0. The van der Waals surface area contributed by atoms with E-state index >= 15 is 0 Å². The summed E-state index contributed by atoms with van der Waals surface area (Å²) in [5.41, 5.74) is 4.67. The molecule has 0 aliphatic carbocycles. The van der Waals surface area contributed by atoms with Crippen molar-refractivity contribution in [1.29, 1.82) is 0 Å². The number of aliphatic hydroxyl groups is 1. The molecular weight excluding hydrogens is 300 g/mol. The average Bonchev–Trinajstić information content (AvgIpc) is 3.09. The molecule has 1 atom stereocenters. The van der Waals surface area contributed by atoms with Crippen molar-refractivity contribution in [2.75, 3.05) is 19.7 Å². The van der Waals surface area contributed by atoms with E-state index in [0.717, 1.165) is 24.1 Å². The number of nitrogens with one attached hydrogen (secondary N) is 1. The average molecular weight is 324 g/mol. The lowest BCUT2D eigenvalue weighted by Gasteiger charge is -2.17. The second kappa shape index (κ2) is 7.49. The van der Waals surface area contributed by atoms with Crippen LogP contribution in [0.2, 0.25) is 0 Å². The van der Waals surface area contributed by atoms with E-state index in [9.17, 15) is 9.90 Å². The number of rotatable bonds is 4. The lowest BCUT2D eigenvalue weighted by Crippen LogP contribution is -2.38. The molecule has 1 aliphatic rings. The van der Waals surface area contributed by atoms with Crippen molar-refractivity contribution < 1.29 is 9.90 Å². The first-order valence-electron chi connectivity index (χ1n) is 8.45. The fourth-order valence-corrected chi connectivity index (χ4v) is 3.14. The van der Waals surface area contributed by atoms with E-state index in [2.05, 4.69) is 48.6 Å². The van der Waals surface area contributed by atoms with Crippen LogP contribution >= 0.6 is 0 Å². The highest BCUT2D eigenvalue weighted by molar-refractivity contribution is 5.74. The molecular formula is C20H24N2O2. The van der Waals surface area contributed by atoms with Crippen LogP contribution in [-0.4, -0.2) is 35.7 Å². The highest BCUT2D eigenvalue weighted by atomic mass is 16.3. The normalized spacial score (nSPS) is 17.1. The van der Waals surface area contributed by atoms with Crippen molar-refractivity contribution in [1.82, 2.24) is 10.2 Å². The van der Waals surface area contributed by atoms with E-state index in [1.165, 1.54) is 11.1 Å². The first-order valence-corrected chi connectivity index (χ1v) is 8.45. The maximum Gasteiger partial charge on any atom is 0.317 e. The summed E-state index contributed by atoms with van der Waals surface area (Å²) in [5.74, 6) is 0.223. The maximum atomic E-state index is 12.2. The van der Waals surface area contributed by atoms with Gasteiger partial charge in [-0.15, -0.1) is 0 Å². The van der Waals surface area contributed by atoms with Gasteiger partial charge in [0.2, 0.25) is 0 Å². The molecule has 1 aliphatic heterocycles. The molecule has 24 heavy (non-hydrogen) atoms. The van der Waals surface area contributed by atoms with Crippen LogP contribution in [0.4, 0.5) is 4.79 Å². The van der Waals surface area contributed by atoms with Gasteiger partial charge in [0, 0.05) is 32.2 Å². The number of aryl methyl sites for hydroxylation is 1. The Labute approximate surface area is 143 Å². The Morgan fingerprint density at radius 2 is 1.96 bits per heavy atom. The summed E-state index contributed by atoms with van der Waals surface area (Å²) in [5, 5.41) is 12.2. The standard InChI is InChI=1S/C20H24N2O2/c1-15-4-2-6-18(10-15)19-7-3-5-16(11-19)12-21-20(24)22-9-8-17(13-22)14-23/h2-7,10-11,17,23H,8-9,12-14H2,1H3,(H,21,24). The molecule has 0 radical (unpaired) electrons. The molecule has 0 aromatic heterocycles. The molecule has 0 bridgehead atoms. The van der Waals surface area contributed by atoms with Crippen LogP contribution in [0, 0.1) is 12.8 Å². The number of aliphatic hydroxyl groups excluding tert-OH is 1. The number of hydrogen-bond acceptors (Lipinski definition) is 2. The summed E-state index contributed by atoms with van der Waals surface area (Å²) in [6.07, 6.45) is 0.882. The van der Waals surface area contributed by atoms with Crippen LogP contribution in [0.15, 0.2) is 48.5 Å². The summed E-state index contributed by atoms with van der Waals surface area (Å²) < 4.78 is 0. The van der Waals surface area contributed by atoms with Crippen molar-refractivity contribution in [2.24, 2.45) is 5.92 Å². The third-order valence-corrected chi connectivity index (χ3v) is 4.55. The Morgan fingerprint density at radius 1 is 1.21 bits per heavy atom. The largest absolute Gasteiger partial charge is 0.396 e. The van der Waals surface area contributed by atoms with E-state index in [1.54, 1.807) is 4.90 Å². The predicted octanol–water partition coefficient (Wildman–Crippen LogP) is 3.19. The van der Waals surface area contributed by atoms with Gasteiger partial charge in [-0.1, -0.05) is 48.0 Å². The van der Waals surface area contributed by atoms with Gasteiger partial charge in [0.1, 0.15) is 0 Å². The van der Waals surface area contributed by atoms with E-state index in [0.29, 0.717) is 13.1 Å². The van der Waals surface area contributed by atoms with Gasteiger partial charge in [-0.3, -0.25) is 0 Å². The highest BCUT2D eigenvalue weighted by Crippen LogP contribution is 2.21. The third kappa shape index (κ3) is 3.95. The zero-order valence-corrected chi connectivity index (χ0v) is 14.0. The van der Waals surface area contributed by atoms with Gasteiger partial charge < -0.3 is 15.3 Å². The lowest BCUT2D eigenvalue weighted by molar-refractivity contribution is 0.198. The molecule has 1 fully saturated rings. The number of amides is 2. The monoisotopic (exact) mass is 324 g/mol. The molecule has 4 nitrogen and oxygen atoms in total. The van der Waals surface area contributed by atoms with E-state index in [-0.39, 0.29) is 18.6 Å². The Morgan fingerprint density at radius 3 is 2.67 bits per heavy atom. The smallest absolute Gasteiger partial charge is 0.317 e. The van der Waals surface area contributed by atoms with Gasteiger partial charge >= 0.3 is 6.03 Å². The SMILES string of the molecule is Cc1cccc(-c2cccc(CNC(=O)N3CCC(CO)C3)c2)c1. The topological polar surface area (TPSA) is 52.6 Å². The first-order chi connectivity index (χ1) is 11.7. The van der Waals surface area contributed by atoms with Crippen LogP contribution in [0.25, 0.3) is 11.1 Å². The number of urea groups is 1. The van der Waals surface area contributed by atoms with Gasteiger partial charge in [-0.25, -0.2) is 4.79 Å². The van der Waals surface area contributed by atoms with E-state index in [1.807, 2.05) is 12.1 Å². The van der Waals surface area contributed by atoms with Crippen molar-refractivity contribution in [3.8, 4) is 11.1 Å². The van der Waals surface area contributed by atoms with Gasteiger partial charge in [0.15, 0.2) is 0 Å². The maximum absolute atomic E-state index is 12.2. The molecule has 126 valence electrons. The number of nitrogens with zero attached hydrogens (tertiary/aromatic N) is 1. The number of carbonyl (C=O) groups excluding carboxylic acids is 1. The Balaban J connectivity index is 1.62. The van der Waals surface area contributed by atoms with Gasteiger partial charge in [0.05, 0.1) is 0 Å². The molecule has 1 saturated heterocycles. The quantitative estimate of drug-likeness (QED) is 0.907. The highest BCUT2D eigenvalue weighted by Gasteiger charge is 2.25. The third-order valence-electron chi connectivity index (χ3n) is 4.55. The number of likely N-dealkylation sites (tertiary alicyclic amines) is 1.